The molecular weight excluding hydrogens is 440 g/mol. The third kappa shape index (κ3) is 3.65. The highest BCUT2D eigenvalue weighted by molar-refractivity contribution is 7.17. The van der Waals surface area contributed by atoms with E-state index in [2.05, 4.69) is 5.32 Å². The first-order valence-corrected chi connectivity index (χ1v) is 10.5. The number of hydrogen-bond acceptors (Lipinski definition) is 8. The number of carboxylic acid groups (broad SMARTS) is 1. The van der Waals surface area contributed by atoms with E-state index in [1.165, 1.54) is 13.2 Å². The third-order valence-electron chi connectivity index (χ3n) is 5.35. The van der Waals surface area contributed by atoms with Gasteiger partial charge in [-0.3, -0.25) is 24.1 Å². The maximum Gasteiger partial charge on any atom is 0.339 e. The molecule has 2 N–H and O–H groups in total. The maximum absolute atomic E-state index is 12.7. The summed E-state index contributed by atoms with van der Waals surface area (Å²) < 4.78 is 10.9. The SMILES string of the molecule is COc1ccc2c(c1)C(=O)N(CCC1OCCc3c1sc(NC(=O)C=O)c3C(=O)O)C2=O. The fraction of sp³-hybridized carbons (Fsp3) is 0.286. The Morgan fingerprint density at radius 1 is 1.31 bits per heavy atom. The van der Waals surface area contributed by atoms with Gasteiger partial charge >= 0.3 is 5.97 Å². The number of carbonyl (C=O) groups is 5. The molecule has 2 aliphatic heterocycles. The Balaban J connectivity index is 1.56. The molecule has 2 aliphatic rings. The Morgan fingerprint density at radius 3 is 2.75 bits per heavy atom. The number of imide groups is 1. The predicted molar refractivity (Wildman–Crippen MR) is 111 cm³/mol. The van der Waals surface area contributed by atoms with Crippen molar-refractivity contribution < 1.29 is 38.6 Å². The summed E-state index contributed by atoms with van der Waals surface area (Å²) in [6, 6.07) is 4.67. The molecule has 0 bridgehead atoms. The van der Waals surface area contributed by atoms with Gasteiger partial charge in [0.05, 0.1) is 36.5 Å². The topological polar surface area (TPSA) is 139 Å². The molecule has 0 saturated heterocycles. The highest BCUT2D eigenvalue weighted by Crippen LogP contribution is 2.43. The summed E-state index contributed by atoms with van der Waals surface area (Å²) >= 11 is 1.02. The number of fused-ring (bicyclic) bond motifs is 2. The van der Waals surface area contributed by atoms with Gasteiger partial charge in [0.25, 0.3) is 17.7 Å². The lowest BCUT2D eigenvalue weighted by atomic mass is 10.0. The van der Waals surface area contributed by atoms with E-state index >= 15 is 0 Å². The molecular formula is C21H18N2O8S. The number of nitrogens with one attached hydrogen (secondary N) is 1. The first kappa shape index (κ1) is 21.7. The summed E-state index contributed by atoms with van der Waals surface area (Å²) in [5.74, 6) is -2.56. The Hall–Kier alpha value is -3.57. The van der Waals surface area contributed by atoms with Crippen LogP contribution in [-0.4, -0.2) is 60.2 Å². The summed E-state index contributed by atoms with van der Waals surface area (Å²) in [6.07, 6.45) is 0.0714. The molecule has 0 aliphatic carbocycles. The number of methoxy groups -OCH3 is 1. The van der Waals surface area contributed by atoms with E-state index in [-0.39, 0.29) is 42.0 Å². The van der Waals surface area contributed by atoms with E-state index in [1.54, 1.807) is 12.1 Å². The minimum absolute atomic E-state index is 0.0583. The number of amides is 3. The zero-order chi connectivity index (χ0) is 23.0. The molecule has 3 amide bonds. The van der Waals surface area contributed by atoms with Crippen LogP contribution < -0.4 is 10.1 Å². The molecule has 10 nitrogen and oxygen atoms in total. The third-order valence-corrected chi connectivity index (χ3v) is 6.59. The molecule has 1 unspecified atom stereocenters. The van der Waals surface area contributed by atoms with Crippen LogP contribution in [0.3, 0.4) is 0 Å². The van der Waals surface area contributed by atoms with Crippen LogP contribution in [0.1, 0.15) is 54.0 Å². The van der Waals surface area contributed by atoms with Crippen molar-refractivity contribution in [2.75, 3.05) is 25.6 Å². The number of nitrogens with zero attached hydrogens (tertiary/aromatic N) is 1. The van der Waals surface area contributed by atoms with Gasteiger partial charge < -0.3 is 19.9 Å². The number of hydrogen-bond donors (Lipinski definition) is 2. The molecule has 166 valence electrons. The largest absolute Gasteiger partial charge is 0.497 e. The van der Waals surface area contributed by atoms with E-state index < -0.39 is 29.8 Å². The van der Waals surface area contributed by atoms with E-state index in [4.69, 9.17) is 9.47 Å². The second-order valence-electron chi connectivity index (χ2n) is 7.13. The van der Waals surface area contributed by atoms with E-state index in [9.17, 15) is 29.1 Å². The predicted octanol–water partition coefficient (Wildman–Crippen LogP) is 1.89. The standard InChI is InChI=1S/C21H18N2O8S/c1-30-10-2-3-11-13(8-10)20(27)23(19(11)26)6-4-14-17-12(5-7-31-14)16(21(28)29)18(32-17)22-15(25)9-24/h2-3,8-9,14H,4-7H2,1H3,(H,22,25)(H,28,29). The highest BCUT2D eigenvalue weighted by Gasteiger charge is 2.37. The number of aldehydes is 1. The molecule has 1 aromatic carbocycles. The first-order chi connectivity index (χ1) is 15.3. The van der Waals surface area contributed by atoms with Gasteiger partial charge in [-0.1, -0.05) is 0 Å². The zero-order valence-corrected chi connectivity index (χ0v) is 17.7. The van der Waals surface area contributed by atoms with Crippen molar-refractivity contribution in [2.45, 2.75) is 18.9 Å². The summed E-state index contributed by atoms with van der Waals surface area (Å²) in [5, 5.41) is 12.0. The molecule has 0 saturated carbocycles. The van der Waals surface area contributed by atoms with Crippen molar-refractivity contribution in [1.29, 1.82) is 0 Å². The number of rotatable bonds is 7. The van der Waals surface area contributed by atoms with E-state index in [0.717, 1.165) is 16.2 Å². The molecule has 0 fully saturated rings. The molecule has 4 rings (SSSR count). The Bertz CT molecular complexity index is 1150. The summed E-state index contributed by atoms with van der Waals surface area (Å²) in [5.41, 5.74) is 1.01. The van der Waals surface area contributed by atoms with Crippen LogP contribution >= 0.6 is 11.3 Å². The Kier molecular flexibility index (Phi) is 5.76. The van der Waals surface area contributed by atoms with Gasteiger partial charge in [0.15, 0.2) is 0 Å². The van der Waals surface area contributed by atoms with Gasteiger partial charge in [-0.25, -0.2) is 4.79 Å². The Labute approximate surface area is 185 Å². The van der Waals surface area contributed by atoms with Crippen molar-refractivity contribution >= 4 is 46.3 Å². The number of ether oxygens (including phenoxy) is 2. The molecule has 32 heavy (non-hydrogen) atoms. The number of carboxylic acids is 1. The van der Waals surface area contributed by atoms with Gasteiger partial charge in [-0.15, -0.1) is 11.3 Å². The van der Waals surface area contributed by atoms with E-state index in [1.807, 2.05) is 0 Å². The lowest BCUT2D eigenvalue weighted by Gasteiger charge is -2.25. The molecule has 0 radical (unpaired) electrons. The van der Waals surface area contributed by atoms with Gasteiger partial charge in [0.2, 0.25) is 6.29 Å². The van der Waals surface area contributed by atoms with Gasteiger partial charge in [-0.05, 0) is 36.6 Å². The fourth-order valence-corrected chi connectivity index (χ4v) is 5.22. The van der Waals surface area contributed by atoms with Gasteiger partial charge in [-0.2, -0.15) is 0 Å². The second kappa shape index (κ2) is 8.52. The van der Waals surface area contributed by atoms with Gasteiger partial charge in [0, 0.05) is 11.4 Å². The number of anilines is 1. The van der Waals surface area contributed by atoms with Crippen LogP contribution in [-0.2, 0) is 20.7 Å². The highest BCUT2D eigenvalue weighted by atomic mass is 32.1. The maximum atomic E-state index is 12.7. The first-order valence-electron chi connectivity index (χ1n) is 9.66. The zero-order valence-electron chi connectivity index (χ0n) is 16.9. The Morgan fingerprint density at radius 2 is 2.06 bits per heavy atom. The molecule has 0 spiro atoms. The number of benzene rings is 1. The molecule has 1 atom stereocenters. The van der Waals surface area contributed by atoms with Gasteiger partial charge in [0.1, 0.15) is 10.8 Å². The summed E-state index contributed by atoms with van der Waals surface area (Å²) in [6.45, 7) is 0.310. The van der Waals surface area contributed by atoms with Crippen LogP contribution in [0.5, 0.6) is 5.75 Å². The second-order valence-corrected chi connectivity index (χ2v) is 8.19. The van der Waals surface area contributed by atoms with Crippen LogP contribution in [0.2, 0.25) is 0 Å². The average molecular weight is 458 g/mol. The number of carbonyl (C=O) groups excluding carboxylic acids is 4. The number of thiophene rings is 1. The van der Waals surface area contributed by atoms with Crippen molar-refractivity contribution in [2.24, 2.45) is 0 Å². The lowest BCUT2D eigenvalue weighted by Crippen LogP contribution is -2.32. The monoisotopic (exact) mass is 458 g/mol. The molecule has 3 heterocycles. The smallest absolute Gasteiger partial charge is 0.339 e. The molecule has 1 aromatic heterocycles. The van der Waals surface area contributed by atoms with Crippen LogP contribution in [0.25, 0.3) is 0 Å². The van der Waals surface area contributed by atoms with Crippen molar-refractivity contribution in [1.82, 2.24) is 4.90 Å². The van der Waals surface area contributed by atoms with Crippen molar-refractivity contribution in [3.63, 3.8) is 0 Å². The van der Waals surface area contributed by atoms with Crippen molar-refractivity contribution in [3.05, 3.63) is 45.3 Å². The summed E-state index contributed by atoms with van der Waals surface area (Å²) in [7, 11) is 1.47. The average Bonchev–Trinajstić information content (AvgIpc) is 3.27. The lowest BCUT2D eigenvalue weighted by molar-refractivity contribution is -0.127. The quantitative estimate of drug-likeness (QED) is 0.364. The fourth-order valence-electron chi connectivity index (χ4n) is 3.89. The minimum atomic E-state index is -1.22. The van der Waals surface area contributed by atoms with Crippen molar-refractivity contribution in [3.8, 4) is 5.75 Å². The normalized spacial score (nSPS) is 17.0. The van der Waals surface area contributed by atoms with E-state index in [0.29, 0.717) is 28.2 Å². The minimum Gasteiger partial charge on any atom is -0.497 e. The molecule has 2 aromatic rings. The number of aromatic carboxylic acids is 1. The van der Waals surface area contributed by atoms with Crippen LogP contribution in [0.4, 0.5) is 5.00 Å². The van der Waals surface area contributed by atoms with Crippen LogP contribution in [0.15, 0.2) is 18.2 Å². The van der Waals surface area contributed by atoms with Crippen LogP contribution in [0, 0.1) is 0 Å². The summed E-state index contributed by atoms with van der Waals surface area (Å²) in [4.78, 5) is 61.1. The molecule has 11 heteroatoms.